The number of hydrogen-bond donors (Lipinski definition) is 1. The molecular weight excluding hydrogens is 407 g/mol. The van der Waals surface area contributed by atoms with Crippen LogP contribution in [0.1, 0.15) is 31.7 Å². The largest absolute Gasteiger partial charge is 0.325 e. The van der Waals surface area contributed by atoms with E-state index in [0.717, 1.165) is 10.7 Å². The Hall–Kier alpha value is -1.60. The Morgan fingerprint density at radius 2 is 1.78 bits per heavy atom. The number of carbonyl (C=O) groups excluding carboxylic acids is 1. The third-order valence-corrected chi connectivity index (χ3v) is 6.84. The van der Waals surface area contributed by atoms with E-state index in [9.17, 15) is 13.2 Å². The Balaban J connectivity index is 2.07. The van der Waals surface area contributed by atoms with Crippen LogP contribution in [0.15, 0.2) is 47.4 Å². The maximum absolute atomic E-state index is 12.6. The monoisotopic (exact) mass is 428 g/mol. The van der Waals surface area contributed by atoms with E-state index in [-0.39, 0.29) is 21.5 Å². The number of likely N-dealkylation sites (N-methyl/N-ethyl adjacent to an activating group) is 1. The van der Waals surface area contributed by atoms with E-state index in [1.807, 2.05) is 24.3 Å². The molecule has 0 radical (unpaired) electrons. The van der Waals surface area contributed by atoms with Crippen LogP contribution in [0, 0.1) is 0 Å². The van der Waals surface area contributed by atoms with E-state index in [0.29, 0.717) is 11.6 Å². The summed E-state index contributed by atoms with van der Waals surface area (Å²) < 4.78 is 26.2. The first-order chi connectivity index (χ1) is 12.6. The van der Waals surface area contributed by atoms with Gasteiger partial charge in [-0.2, -0.15) is 4.31 Å². The lowest BCUT2D eigenvalue weighted by Crippen LogP contribution is -2.35. The van der Waals surface area contributed by atoms with Crippen molar-refractivity contribution in [2.45, 2.75) is 31.1 Å². The van der Waals surface area contributed by atoms with Gasteiger partial charge in [0.1, 0.15) is 4.90 Å². The van der Waals surface area contributed by atoms with Crippen LogP contribution in [0.3, 0.4) is 0 Å². The van der Waals surface area contributed by atoms with Crippen molar-refractivity contribution in [1.29, 1.82) is 0 Å². The number of carbonyl (C=O) groups is 1. The van der Waals surface area contributed by atoms with Crippen LogP contribution in [0.4, 0.5) is 5.69 Å². The van der Waals surface area contributed by atoms with E-state index in [1.54, 1.807) is 0 Å². The van der Waals surface area contributed by atoms with Crippen molar-refractivity contribution in [2.75, 3.05) is 18.9 Å². The molecule has 8 heteroatoms. The van der Waals surface area contributed by atoms with Crippen molar-refractivity contribution in [3.8, 4) is 0 Å². The summed E-state index contributed by atoms with van der Waals surface area (Å²) in [6, 6.07) is 11.7. The molecule has 2 aromatic carbocycles. The number of anilines is 1. The molecule has 0 aromatic heterocycles. The van der Waals surface area contributed by atoms with Gasteiger partial charge in [-0.25, -0.2) is 8.42 Å². The van der Waals surface area contributed by atoms with E-state index in [1.165, 1.54) is 30.8 Å². The summed E-state index contributed by atoms with van der Waals surface area (Å²) in [6.45, 7) is 3.90. The number of halogens is 2. The molecule has 0 fully saturated rings. The Morgan fingerprint density at radius 1 is 1.15 bits per heavy atom. The van der Waals surface area contributed by atoms with Gasteiger partial charge in [0.25, 0.3) is 0 Å². The highest BCUT2D eigenvalue weighted by atomic mass is 35.5. The molecule has 0 spiro atoms. The molecule has 1 N–H and O–H groups in total. The molecule has 1 atom stereocenters. The Kier molecular flexibility index (Phi) is 7.28. The van der Waals surface area contributed by atoms with Crippen LogP contribution < -0.4 is 5.32 Å². The number of sulfonamides is 1. The van der Waals surface area contributed by atoms with Gasteiger partial charge in [-0.05, 0) is 48.2 Å². The molecule has 2 aromatic rings. The first kappa shape index (κ1) is 21.7. The summed E-state index contributed by atoms with van der Waals surface area (Å²) >= 11 is 11.8. The highest BCUT2D eigenvalue weighted by Crippen LogP contribution is 2.27. The first-order valence-electron chi connectivity index (χ1n) is 8.46. The predicted molar refractivity (Wildman–Crippen MR) is 110 cm³/mol. The smallest absolute Gasteiger partial charge is 0.244 e. The molecule has 0 aliphatic carbocycles. The van der Waals surface area contributed by atoms with Crippen LogP contribution >= 0.6 is 23.2 Å². The van der Waals surface area contributed by atoms with Gasteiger partial charge in [0.15, 0.2) is 0 Å². The molecule has 0 heterocycles. The average Bonchev–Trinajstić information content (AvgIpc) is 2.63. The zero-order valence-corrected chi connectivity index (χ0v) is 17.7. The summed E-state index contributed by atoms with van der Waals surface area (Å²) in [5.41, 5.74) is 1.80. The van der Waals surface area contributed by atoms with Gasteiger partial charge in [0.2, 0.25) is 15.9 Å². The fourth-order valence-electron chi connectivity index (χ4n) is 2.46. The number of amides is 1. The van der Waals surface area contributed by atoms with Crippen LogP contribution in [0.5, 0.6) is 0 Å². The Labute approximate surface area is 170 Å². The lowest BCUT2D eigenvalue weighted by atomic mass is 9.99. The molecular formula is C19H22Cl2N2O3S. The summed E-state index contributed by atoms with van der Waals surface area (Å²) in [7, 11) is -2.63. The number of nitrogens with zero attached hydrogens (tertiary/aromatic N) is 1. The van der Waals surface area contributed by atoms with Crippen LogP contribution in [-0.4, -0.2) is 32.2 Å². The highest BCUT2D eigenvalue weighted by Gasteiger charge is 2.25. The van der Waals surface area contributed by atoms with E-state index >= 15 is 0 Å². The van der Waals surface area contributed by atoms with Crippen molar-refractivity contribution in [3.05, 3.63) is 58.1 Å². The molecule has 5 nitrogen and oxygen atoms in total. The molecule has 0 aliphatic heterocycles. The summed E-state index contributed by atoms with van der Waals surface area (Å²) in [6.07, 6.45) is 1.03. The number of hydrogen-bond acceptors (Lipinski definition) is 3. The lowest BCUT2D eigenvalue weighted by molar-refractivity contribution is -0.116. The predicted octanol–water partition coefficient (Wildman–Crippen LogP) is 4.77. The fourth-order valence-corrected chi connectivity index (χ4v) is 4.32. The van der Waals surface area contributed by atoms with E-state index in [4.69, 9.17) is 23.2 Å². The minimum Gasteiger partial charge on any atom is -0.325 e. The molecule has 0 bridgehead atoms. The topological polar surface area (TPSA) is 66.5 Å². The number of nitrogens with one attached hydrogen (secondary N) is 1. The van der Waals surface area contributed by atoms with Crippen molar-refractivity contribution in [1.82, 2.24) is 4.31 Å². The quantitative estimate of drug-likeness (QED) is 0.690. The van der Waals surface area contributed by atoms with Gasteiger partial charge in [-0.15, -0.1) is 0 Å². The summed E-state index contributed by atoms with van der Waals surface area (Å²) in [5, 5.41) is 3.00. The van der Waals surface area contributed by atoms with Crippen LogP contribution in [0.25, 0.3) is 0 Å². The lowest BCUT2D eigenvalue weighted by Gasteiger charge is -2.18. The molecule has 0 saturated heterocycles. The van der Waals surface area contributed by atoms with E-state index < -0.39 is 15.9 Å². The van der Waals surface area contributed by atoms with Crippen molar-refractivity contribution in [2.24, 2.45) is 0 Å². The molecule has 2 rings (SSSR count). The minimum atomic E-state index is -3.94. The molecule has 0 saturated carbocycles. The second-order valence-electron chi connectivity index (χ2n) is 6.32. The van der Waals surface area contributed by atoms with Gasteiger partial charge in [-0.3, -0.25) is 4.79 Å². The van der Waals surface area contributed by atoms with Crippen LogP contribution in [0.2, 0.25) is 10.0 Å². The molecule has 27 heavy (non-hydrogen) atoms. The standard InChI is InChI=1S/C19H22Cl2N2O3S/c1-4-13(2)14-5-8-16(9-6-14)22-19(24)12-23(3)27(25,26)18-11-15(20)7-10-17(18)21/h5-11,13H,4,12H2,1-3H3,(H,22,24). The molecule has 1 unspecified atom stereocenters. The van der Waals surface area contributed by atoms with Gasteiger partial charge >= 0.3 is 0 Å². The molecule has 146 valence electrons. The third kappa shape index (κ3) is 5.45. The maximum Gasteiger partial charge on any atom is 0.244 e. The van der Waals surface area contributed by atoms with E-state index in [2.05, 4.69) is 19.2 Å². The zero-order valence-electron chi connectivity index (χ0n) is 15.4. The average molecular weight is 429 g/mol. The Bertz CT molecular complexity index is 915. The van der Waals surface area contributed by atoms with Crippen molar-refractivity contribution < 1.29 is 13.2 Å². The zero-order chi connectivity index (χ0) is 20.2. The van der Waals surface area contributed by atoms with Gasteiger partial charge < -0.3 is 5.32 Å². The van der Waals surface area contributed by atoms with Crippen molar-refractivity contribution >= 4 is 44.8 Å². The Morgan fingerprint density at radius 3 is 2.37 bits per heavy atom. The second-order valence-corrected chi connectivity index (χ2v) is 9.17. The summed E-state index contributed by atoms with van der Waals surface area (Å²) in [4.78, 5) is 12.1. The fraction of sp³-hybridized carbons (Fsp3) is 0.316. The molecule has 1 amide bonds. The molecule has 0 aliphatic rings. The number of rotatable bonds is 7. The van der Waals surface area contributed by atoms with Crippen molar-refractivity contribution in [3.63, 3.8) is 0 Å². The first-order valence-corrected chi connectivity index (χ1v) is 10.7. The second kappa shape index (κ2) is 9.06. The third-order valence-electron chi connectivity index (χ3n) is 4.32. The van der Waals surface area contributed by atoms with Gasteiger partial charge in [0, 0.05) is 17.8 Å². The normalized spacial score (nSPS) is 12.8. The SMILES string of the molecule is CCC(C)c1ccc(NC(=O)CN(C)S(=O)(=O)c2cc(Cl)ccc2Cl)cc1. The highest BCUT2D eigenvalue weighted by molar-refractivity contribution is 7.89. The number of benzene rings is 2. The maximum atomic E-state index is 12.6. The van der Waals surface area contributed by atoms with Gasteiger partial charge in [0.05, 0.1) is 11.6 Å². The van der Waals surface area contributed by atoms with Gasteiger partial charge in [-0.1, -0.05) is 49.2 Å². The summed E-state index contributed by atoms with van der Waals surface area (Å²) in [5.74, 6) is -0.0102. The van der Waals surface area contributed by atoms with Crippen LogP contribution in [-0.2, 0) is 14.8 Å². The minimum absolute atomic E-state index is 0.0484.